The van der Waals surface area contributed by atoms with E-state index in [4.69, 9.17) is 4.74 Å². The van der Waals surface area contributed by atoms with Gasteiger partial charge in [0.15, 0.2) is 0 Å². The molecule has 1 aromatic carbocycles. The number of ether oxygens (including phenoxy) is 1. The number of carboxylic acid groups (broad SMARTS) is 1. The highest BCUT2D eigenvalue weighted by molar-refractivity contribution is 5.88. The van der Waals surface area contributed by atoms with Crippen LogP contribution in [0.2, 0.25) is 0 Å². The number of nitrogens with zero attached hydrogens (tertiary/aromatic N) is 2. The Morgan fingerprint density at radius 1 is 1.30 bits per heavy atom. The third-order valence-electron chi connectivity index (χ3n) is 2.98. The molecule has 1 heterocycles. The zero-order valence-electron chi connectivity index (χ0n) is 11.7. The molecule has 0 aliphatic heterocycles. The van der Waals surface area contributed by atoms with Crippen molar-refractivity contribution in [1.82, 2.24) is 9.78 Å². The highest BCUT2D eigenvalue weighted by Gasteiger charge is 2.16. The minimum atomic E-state index is -0.939. The smallest absolute Gasteiger partial charge is 0.339 e. The Bertz CT molecular complexity index is 588. The fraction of sp³-hybridized carbons (Fsp3) is 0.333. The van der Waals surface area contributed by atoms with Crippen molar-refractivity contribution in [2.75, 3.05) is 6.61 Å². The van der Waals surface area contributed by atoms with Crippen molar-refractivity contribution < 1.29 is 14.6 Å². The average molecular weight is 274 g/mol. The number of aromatic carboxylic acids is 1. The lowest BCUT2D eigenvalue weighted by molar-refractivity contribution is 0.0695. The quantitative estimate of drug-likeness (QED) is 0.879. The summed E-state index contributed by atoms with van der Waals surface area (Å²) in [6.07, 6.45) is 2.95. The van der Waals surface area contributed by atoms with Crippen molar-refractivity contribution in [3.63, 3.8) is 0 Å². The first-order valence-electron chi connectivity index (χ1n) is 6.70. The molecular weight excluding hydrogens is 256 g/mol. The highest BCUT2D eigenvalue weighted by atomic mass is 16.5. The topological polar surface area (TPSA) is 64.3 Å². The van der Waals surface area contributed by atoms with Crippen LogP contribution in [0.3, 0.4) is 0 Å². The molecule has 5 nitrogen and oxygen atoms in total. The molecule has 1 aromatic heterocycles. The van der Waals surface area contributed by atoms with E-state index < -0.39 is 5.97 Å². The van der Waals surface area contributed by atoms with E-state index in [2.05, 4.69) is 5.10 Å². The Labute approximate surface area is 117 Å². The van der Waals surface area contributed by atoms with Crippen molar-refractivity contribution >= 4 is 5.97 Å². The molecule has 0 bridgehead atoms. The van der Waals surface area contributed by atoms with Gasteiger partial charge in [-0.25, -0.2) is 9.48 Å². The number of carbonyl (C=O) groups is 1. The van der Waals surface area contributed by atoms with E-state index in [0.29, 0.717) is 13.0 Å². The van der Waals surface area contributed by atoms with Crippen LogP contribution in [0.5, 0.6) is 5.75 Å². The van der Waals surface area contributed by atoms with Crippen molar-refractivity contribution in [1.29, 1.82) is 0 Å². The number of aromatic nitrogens is 2. The number of carboxylic acids is 1. The molecule has 1 N–H and O–H groups in total. The zero-order chi connectivity index (χ0) is 14.5. The van der Waals surface area contributed by atoms with Gasteiger partial charge in [-0.1, -0.05) is 13.3 Å². The summed E-state index contributed by atoms with van der Waals surface area (Å²) in [5, 5.41) is 13.4. The maximum Gasteiger partial charge on any atom is 0.339 e. The van der Waals surface area contributed by atoms with Crippen LogP contribution < -0.4 is 4.74 Å². The summed E-state index contributed by atoms with van der Waals surface area (Å²) in [7, 11) is 0. The molecule has 106 valence electrons. The number of benzene rings is 1. The molecule has 5 heteroatoms. The molecule has 0 saturated carbocycles. The maximum atomic E-state index is 11.2. The van der Waals surface area contributed by atoms with E-state index in [9.17, 15) is 9.90 Å². The summed E-state index contributed by atoms with van der Waals surface area (Å²) in [6, 6.07) is 7.47. The lowest BCUT2D eigenvalue weighted by Crippen LogP contribution is -2.06. The number of rotatable bonds is 6. The summed E-state index contributed by atoms with van der Waals surface area (Å²) in [6.45, 7) is 4.56. The van der Waals surface area contributed by atoms with Crippen LogP contribution >= 0.6 is 0 Å². The van der Waals surface area contributed by atoms with Gasteiger partial charge in [0, 0.05) is 0 Å². The van der Waals surface area contributed by atoms with Gasteiger partial charge in [0.2, 0.25) is 0 Å². The van der Waals surface area contributed by atoms with Gasteiger partial charge >= 0.3 is 5.97 Å². The Morgan fingerprint density at radius 2 is 2.00 bits per heavy atom. The van der Waals surface area contributed by atoms with Crippen LogP contribution in [0.25, 0.3) is 5.69 Å². The van der Waals surface area contributed by atoms with Gasteiger partial charge in [0.05, 0.1) is 24.2 Å². The molecule has 2 aromatic rings. The van der Waals surface area contributed by atoms with E-state index in [1.54, 1.807) is 4.68 Å². The Hall–Kier alpha value is -2.30. The van der Waals surface area contributed by atoms with Crippen LogP contribution in [0.4, 0.5) is 0 Å². The minimum absolute atomic E-state index is 0.265. The molecule has 0 radical (unpaired) electrons. The van der Waals surface area contributed by atoms with Gasteiger partial charge in [0.25, 0.3) is 0 Å². The van der Waals surface area contributed by atoms with Gasteiger partial charge in [-0.05, 0) is 37.6 Å². The molecule has 0 saturated heterocycles. The second-order valence-electron chi connectivity index (χ2n) is 4.40. The normalized spacial score (nSPS) is 10.5. The Kier molecular flexibility index (Phi) is 4.40. The van der Waals surface area contributed by atoms with E-state index >= 15 is 0 Å². The summed E-state index contributed by atoms with van der Waals surface area (Å²) in [5.74, 6) is -0.149. The number of hydrogen-bond donors (Lipinski definition) is 1. The minimum Gasteiger partial charge on any atom is -0.494 e. The Morgan fingerprint density at radius 3 is 2.55 bits per heavy atom. The summed E-state index contributed by atoms with van der Waals surface area (Å²) in [5.41, 5.74) is 1.83. The van der Waals surface area contributed by atoms with Crippen molar-refractivity contribution in [3.05, 3.63) is 41.7 Å². The second kappa shape index (κ2) is 6.23. The molecule has 0 aliphatic carbocycles. The molecule has 0 atom stereocenters. The largest absolute Gasteiger partial charge is 0.494 e. The van der Waals surface area contributed by atoms with E-state index in [0.717, 1.165) is 23.6 Å². The predicted molar refractivity (Wildman–Crippen MR) is 75.7 cm³/mol. The third kappa shape index (κ3) is 2.82. The lowest BCUT2D eigenvalue weighted by Gasteiger charge is -2.09. The van der Waals surface area contributed by atoms with Crippen LogP contribution in [0.1, 0.15) is 36.3 Å². The summed E-state index contributed by atoms with van der Waals surface area (Å²) in [4.78, 5) is 11.2. The van der Waals surface area contributed by atoms with Gasteiger partial charge in [-0.15, -0.1) is 0 Å². The van der Waals surface area contributed by atoms with Crippen LogP contribution in [0.15, 0.2) is 30.5 Å². The SMILES string of the molecule is CCCc1c(C(=O)O)cnn1-c1ccc(OCC)cc1. The van der Waals surface area contributed by atoms with Crippen LogP contribution in [0, 0.1) is 0 Å². The summed E-state index contributed by atoms with van der Waals surface area (Å²) < 4.78 is 7.08. The molecule has 0 spiro atoms. The fourth-order valence-electron chi connectivity index (χ4n) is 2.10. The molecule has 0 aliphatic rings. The molecule has 20 heavy (non-hydrogen) atoms. The molecule has 0 amide bonds. The van der Waals surface area contributed by atoms with Crippen LogP contribution in [-0.4, -0.2) is 27.5 Å². The number of hydrogen-bond acceptors (Lipinski definition) is 3. The van der Waals surface area contributed by atoms with Crippen molar-refractivity contribution in [3.8, 4) is 11.4 Å². The average Bonchev–Trinajstić information content (AvgIpc) is 2.84. The lowest BCUT2D eigenvalue weighted by atomic mass is 10.1. The van der Waals surface area contributed by atoms with Gasteiger partial charge in [0.1, 0.15) is 11.3 Å². The van der Waals surface area contributed by atoms with Crippen LogP contribution in [-0.2, 0) is 6.42 Å². The van der Waals surface area contributed by atoms with Crippen molar-refractivity contribution in [2.45, 2.75) is 26.7 Å². The fourth-order valence-corrected chi connectivity index (χ4v) is 2.10. The predicted octanol–water partition coefficient (Wildman–Crippen LogP) is 2.92. The van der Waals surface area contributed by atoms with Gasteiger partial charge in [-0.2, -0.15) is 5.10 Å². The second-order valence-corrected chi connectivity index (χ2v) is 4.40. The third-order valence-corrected chi connectivity index (χ3v) is 2.98. The van der Waals surface area contributed by atoms with E-state index in [1.165, 1.54) is 6.20 Å². The molecule has 0 fully saturated rings. The summed E-state index contributed by atoms with van der Waals surface area (Å²) >= 11 is 0. The van der Waals surface area contributed by atoms with Crippen molar-refractivity contribution in [2.24, 2.45) is 0 Å². The standard InChI is InChI=1S/C15H18N2O3/c1-3-5-14-13(15(18)19)10-16-17(14)11-6-8-12(9-7-11)20-4-2/h6-10H,3-5H2,1-2H3,(H,18,19). The first kappa shape index (κ1) is 14.1. The maximum absolute atomic E-state index is 11.2. The highest BCUT2D eigenvalue weighted by Crippen LogP contribution is 2.19. The Balaban J connectivity index is 2.38. The van der Waals surface area contributed by atoms with Gasteiger partial charge in [-0.3, -0.25) is 0 Å². The molecule has 2 rings (SSSR count). The zero-order valence-corrected chi connectivity index (χ0v) is 11.7. The van der Waals surface area contributed by atoms with E-state index in [-0.39, 0.29) is 5.56 Å². The van der Waals surface area contributed by atoms with Gasteiger partial charge < -0.3 is 9.84 Å². The monoisotopic (exact) mass is 274 g/mol. The molecule has 0 unspecified atom stereocenters. The molecular formula is C15H18N2O3. The first-order valence-corrected chi connectivity index (χ1v) is 6.70. The first-order chi connectivity index (χ1) is 9.67. The van der Waals surface area contributed by atoms with E-state index in [1.807, 2.05) is 38.1 Å².